The Kier molecular flexibility index (Phi) is 3.46. The summed E-state index contributed by atoms with van der Waals surface area (Å²) in [7, 11) is 0. The van der Waals surface area contributed by atoms with Gasteiger partial charge in [-0.1, -0.05) is 19.3 Å². The van der Waals surface area contributed by atoms with Gasteiger partial charge in [0.15, 0.2) is 0 Å². The molecule has 1 heterocycles. The molecule has 0 aromatic carbocycles. The Morgan fingerprint density at radius 1 is 1.26 bits per heavy atom. The van der Waals surface area contributed by atoms with Crippen LogP contribution in [0, 0.1) is 0 Å². The Morgan fingerprint density at radius 3 is 2.32 bits per heavy atom. The largest absolute Gasteiger partial charge is 0.410 e. The summed E-state index contributed by atoms with van der Waals surface area (Å²) in [6.07, 6.45) is -1.56. The van der Waals surface area contributed by atoms with Gasteiger partial charge in [-0.25, -0.2) is 9.69 Å². The minimum absolute atomic E-state index is 0.255. The van der Waals surface area contributed by atoms with Gasteiger partial charge in [-0.3, -0.25) is 4.79 Å². The first-order chi connectivity index (χ1) is 8.82. The standard InChI is InChI=1S/C11H16F3N3O2/c12-11(13,14)7(6-15)17-8(18)10(16-9(17)19)4-2-1-3-5-10/h7H,1-6,15H2,(H,16,19). The first-order valence-corrected chi connectivity index (χ1v) is 6.24. The maximum absolute atomic E-state index is 12.8. The molecular formula is C11H16F3N3O2. The summed E-state index contributed by atoms with van der Waals surface area (Å²) in [5.41, 5.74) is 3.94. The highest BCUT2D eigenvalue weighted by Gasteiger charge is 2.58. The third kappa shape index (κ3) is 2.29. The van der Waals surface area contributed by atoms with Crippen LogP contribution in [0.2, 0.25) is 0 Å². The number of nitrogens with one attached hydrogen (secondary N) is 1. The third-order valence-corrected chi connectivity index (χ3v) is 3.81. The van der Waals surface area contributed by atoms with Gasteiger partial charge in [-0.15, -0.1) is 0 Å². The lowest BCUT2D eigenvalue weighted by atomic mass is 9.81. The fourth-order valence-corrected chi connectivity index (χ4v) is 2.80. The minimum Gasteiger partial charge on any atom is -0.328 e. The number of halogens is 3. The van der Waals surface area contributed by atoms with Crippen LogP contribution in [0.25, 0.3) is 0 Å². The number of hydrogen-bond donors (Lipinski definition) is 2. The van der Waals surface area contributed by atoms with Crippen molar-refractivity contribution < 1.29 is 22.8 Å². The summed E-state index contributed by atoms with van der Waals surface area (Å²) < 4.78 is 38.5. The van der Waals surface area contributed by atoms with Crippen LogP contribution in [0.4, 0.5) is 18.0 Å². The highest BCUT2D eigenvalue weighted by atomic mass is 19.4. The number of nitrogens with zero attached hydrogens (tertiary/aromatic N) is 1. The lowest BCUT2D eigenvalue weighted by Crippen LogP contribution is -2.54. The van der Waals surface area contributed by atoms with Gasteiger partial charge in [0.1, 0.15) is 11.6 Å². The maximum atomic E-state index is 12.8. The summed E-state index contributed by atoms with van der Waals surface area (Å²) in [4.78, 5) is 24.2. The molecule has 3 N–H and O–H groups in total. The van der Waals surface area contributed by atoms with Crippen LogP contribution in [0.3, 0.4) is 0 Å². The number of urea groups is 1. The van der Waals surface area contributed by atoms with Gasteiger partial charge in [-0.05, 0) is 12.8 Å². The quantitative estimate of drug-likeness (QED) is 0.744. The predicted molar refractivity (Wildman–Crippen MR) is 60.1 cm³/mol. The lowest BCUT2D eigenvalue weighted by molar-refractivity contribution is -0.179. The Balaban J connectivity index is 2.27. The number of carbonyl (C=O) groups is 2. The Labute approximate surface area is 108 Å². The molecule has 1 atom stereocenters. The molecule has 0 aromatic heterocycles. The van der Waals surface area contributed by atoms with Crippen LogP contribution in [0.15, 0.2) is 0 Å². The zero-order chi connectivity index (χ0) is 14.3. The number of imide groups is 1. The molecule has 2 aliphatic rings. The Bertz CT molecular complexity index is 391. The van der Waals surface area contributed by atoms with Crippen LogP contribution in [0.1, 0.15) is 32.1 Å². The van der Waals surface area contributed by atoms with Crippen molar-refractivity contribution in [3.63, 3.8) is 0 Å². The highest BCUT2D eigenvalue weighted by Crippen LogP contribution is 2.36. The van der Waals surface area contributed by atoms with Crippen LogP contribution >= 0.6 is 0 Å². The van der Waals surface area contributed by atoms with E-state index >= 15 is 0 Å². The van der Waals surface area contributed by atoms with Crippen molar-refractivity contribution in [2.45, 2.75) is 49.9 Å². The zero-order valence-corrected chi connectivity index (χ0v) is 10.3. The molecule has 1 saturated heterocycles. The average molecular weight is 279 g/mol. The normalized spacial score (nSPS) is 24.7. The van der Waals surface area contributed by atoms with E-state index in [2.05, 4.69) is 5.32 Å². The Hall–Kier alpha value is -1.31. The van der Waals surface area contributed by atoms with E-state index in [0.29, 0.717) is 12.8 Å². The summed E-state index contributed by atoms with van der Waals surface area (Å²) in [6, 6.07) is -3.24. The molecule has 2 fully saturated rings. The van der Waals surface area contributed by atoms with Crippen LogP contribution in [0.5, 0.6) is 0 Å². The van der Waals surface area contributed by atoms with Crippen molar-refractivity contribution in [2.75, 3.05) is 6.54 Å². The molecule has 0 bridgehead atoms. The first-order valence-electron chi connectivity index (χ1n) is 6.24. The third-order valence-electron chi connectivity index (χ3n) is 3.81. The molecule has 1 aliphatic heterocycles. The molecule has 108 valence electrons. The molecule has 8 heteroatoms. The molecule has 0 radical (unpaired) electrons. The van der Waals surface area contributed by atoms with Gasteiger partial charge in [0.25, 0.3) is 5.91 Å². The molecule has 1 spiro atoms. The van der Waals surface area contributed by atoms with Crippen molar-refractivity contribution in [1.82, 2.24) is 10.2 Å². The molecule has 5 nitrogen and oxygen atoms in total. The first kappa shape index (κ1) is 14.1. The van der Waals surface area contributed by atoms with Crippen LogP contribution in [-0.2, 0) is 4.79 Å². The molecule has 19 heavy (non-hydrogen) atoms. The van der Waals surface area contributed by atoms with Crippen LogP contribution in [-0.4, -0.2) is 41.1 Å². The number of rotatable bonds is 2. The second kappa shape index (κ2) is 4.66. The smallest absolute Gasteiger partial charge is 0.328 e. The number of nitrogens with two attached hydrogens (primary N) is 1. The molecule has 1 aliphatic carbocycles. The zero-order valence-electron chi connectivity index (χ0n) is 10.3. The fraction of sp³-hybridized carbons (Fsp3) is 0.818. The second-order valence-corrected chi connectivity index (χ2v) is 5.04. The molecule has 0 aromatic rings. The second-order valence-electron chi connectivity index (χ2n) is 5.04. The van der Waals surface area contributed by atoms with Gasteiger partial charge in [0.05, 0.1) is 0 Å². The average Bonchev–Trinajstić information content (AvgIpc) is 2.54. The number of hydrogen-bond acceptors (Lipinski definition) is 3. The topological polar surface area (TPSA) is 75.4 Å². The van der Waals surface area contributed by atoms with Crippen molar-refractivity contribution in [3.05, 3.63) is 0 Å². The lowest BCUT2D eigenvalue weighted by Gasteiger charge is -2.32. The van der Waals surface area contributed by atoms with Crippen molar-refractivity contribution in [2.24, 2.45) is 5.73 Å². The molecule has 1 unspecified atom stereocenters. The van der Waals surface area contributed by atoms with Gasteiger partial charge < -0.3 is 11.1 Å². The SMILES string of the molecule is NCC(N1C(=O)NC2(CCCCC2)C1=O)C(F)(F)F. The van der Waals surface area contributed by atoms with Gasteiger partial charge in [0, 0.05) is 6.54 Å². The summed E-state index contributed by atoms with van der Waals surface area (Å²) >= 11 is 0. The molecule has 2 rings (SSSR count). The van der Waals surface area contributed by atoms with E-state index in [0.717, 1.165) is 19.3 Å². The van der Waals surface area contributed by atoms with E-state index < -0.39 is 36.2 Å². The monoisotopic (exact) mass is 279 g/mol. The predicted octanol–water partition coefficient (Wildman–Crippen LogP) is 1.13. The van der Waals surface area contributed by atoms with Crippen molar-refractivity contribution >= 4 is 11.9 Å². The number of amides is 3. The molecular weight excluding hydrogens is 263 g/mol. The van der Waals surface area contributed by atoms with E-state index in [1.54, 1.807) is 0 Å². The van der Waals surface area contributed by atoms with E-state index in [1.165, 1.54) is 0 Å². The maximum Gasteiger partial charge on any atom is 0.410 e. The Morgan fingerprint density at radius 2 is 1.84 bits per heavy atom. The summed E-state index contributed by atoms with van der Waals surface area (Å²) in [5, 5.41) is 2.44. The minimum atomic E-state index is -4.71. The molecule has 1 saturated carbocycles. The van der Waals surface area contributed by atoms with E-state index in [9.17, 15) is 22.8 Å². The van der Waals surface area contributed by atoms with Crippen molar-refractivity contribution in [3.8, 4) is 0 Å². The number of alkyl halides is 3. The molecule has 3 amide bonds. The highest BCUT2D eigenvalue weighted by molar-refractivity contribution is 6.07. The van der Waals surface area contributed by atoms with E-state index in [1.807, 2.05) is 0 Å². The van der Waals surface area contributed by atoms with Gasteiger partial charge >= 0.3 is 12.2 Å². The fourth-order valence-electron chi connectivity index (χ4n) is 2.80. The number of carbonyl (C=O) groups excluding carboxylic acids is 2. The van der Waals surface area contributed by atoms with Gasteiger partial charge in [0.2, 0.25) is 0 Å². The summed E-state index contributed by atoms with van der Waals surface area (Å²) in [6.45, 7) is -0.821. The van der Waals surface area contributed by atoms with E-state index in [-0.39, 0.29) is 4.90 Å². The van der Waals surface area contributed by atoms with E-state index in [4.69, 9.17) is 5.73 Å². The van der Waals surface area contributed by atoms with Crippen LogP contribution < -0.4 is 11.1 Å². The van der Waals surface area contributed by atoms with Crippen molar-refractivity contribution in [1.29, 1.82) is 0 Å². The summed E-state index contributed by atoms with van der Waals surface area (Å²) in [5.74, 6) is -0.787. The van der Waals surface area contributed by atoms with Gasteiger partial charge in [-0.2, -0.15) is 13.2 Å².